The summed E-state index contributed by atoms with van der Waals surface area (Å²) in [5.41, 5.74) is 2.45. The molecule has 0 spiro atoms. The van der Waals surface area contributed by atoms with Gasteiger partial charge in [0.15, 0.2) is 11.5 Å². The molecule has 2 nitrogen and oxygen atoms in total. The number of rotatable bonds is 3. The van der Waals surface area contributed by atoms with Gasteiger partial charge in [0.2, 0.25) is 0 Å². The summed E-state index contributed by atoms with van der Waals surface area (Å²) in [5, 5.41) is 1.01. The van der Waals surface area contributed by atoms with Crippen molar-refractivity contribution < 1.29 is 9.21 Å². The largest absolute Gasteiger partial charge is 0.453 e. The second-order valence-corrected chi connectivity index (χ2v) is 7.54. The molecule has 20 heavy (non-hydrogen) atoms. The first-order valence-corrected chi connectivity index (χ1v) is 7.13. The Morgan fingerprint density at radius 3 is 2.30 bits per heavy atom. The molecule has 1 heterocycles. The summed E-state index contributed by atoms with van der Waals surface area (Å²) < 4.78 is 5.55. The van der Waals surface area contributed by atoms with Crippen molar-refractivity contribution in [3.8, 4) is 0 Å². The topological polar surface area (TPSA) is 30.2 Å². The van der Waals surface area contributed by atoms with Crippen molar-refractivity contribution in [2.75, 3.05) is 0 Å². The fourth-order valence-electron chi connectivity index (χ4n) is 3.07. The van der Waals surface area contributed by atoms with Crippen molar-refractivity contribution in [3.05, 3.63) is 35.6 Å². The third-order valence-electron chi connectivity index (χ3n) is 3.62. The Morgan fingerprint density at radius 1 is 1.10 bits per heavy atom. The Kier molecular flexibility index (Phi) is 3.53. The zero-order valence-electron chi connectivity index (χ0n) is 13.3. The second kappa shape index (κ2) is 4.76. The van der Waals surface area contributed by atoms with Gasteiger partial charge in [-0.25, -0.2) is 0 Å². The molecule has 0 saturated heterocycles. The number of hydrogen-bond donors (Lipinski definition) is 0. The number of furan rings is 1. The molecule has 2 heteroatoms. The Morgan fingerprint density at radius 2 is 1.75 bits per heavy atom. The number of ketones is 1. The molecule has 0 fully saturated rings. The third kappa shape index (κ3) is 3.12. The highest BCUT2D eigenvalue weighted by Crippen LogP contribution is 2.37. The number of fused-ring (bicyclic) bond motifs is 1. The quantitative estimate of drug-likeness (QED) is 0.705. The molecule has 0 amide bonds. The van der Waals surface area contributed by atoms with Crippen molar-refractivity contribution >= 4 is 16.8 Å². The Hall–Kier alpha value is -1.57. The van der Waals surface area contributed by atoms with Gasteiger partial charge in [0.05, 0.1) is 0 Å². The van der Waals surface area contributed by atoms with Gasteiger partial charge in [-0.05, 0) is 41.0 Å². The molecule has 0 aliphatic rings. The van der Waals surface area contributed by atoms with Crippen LogP contribution in [0.2, 0.25) is 0 Å². The summed E-state index contributed by atoms with van der Waals surface area (Å²) in [7, 11) is 0. The van der Waals surface area contributed by atoms with E-state index in [2.05, 4.69) is 46.8 Å². The van der Waals surface area contributed by atoms with Crippen molar-refractivity contribution in [2.45, 2.75) is 53.4 Å². The molecule has 0 saturated carbocycles. The van der Waals surface area contributed by atoms with Gasteiger partial charge in [0.25, 0.3) is 0 Å². The van der Waals surface area contributed by atoms with Crippen LogP contribution in [-0.4, -0.2) is 5.78 Å². The Bertz CT molecular complexity index is 639. The average Bonchev–Trinajstić information content (AvgIpc) is 2.68. The standard InChI is InChI=1S/C18H24O2/c1-12(19)16-10-13-9-14(7-8-15(13)20-16)18(5,6)11-17(2,3)4/h7-10H,11H2,1-6H3. The highest BCUT2D eigenvalue weighted by molar-refractivity contribution is 5.96. The van der Waals surface area contributed by atoms with Crippen molar-refractivity contribution in [3.63, 3.8) is 0 Å². The third-order valence-corrected chi connectivity index (χ3v) is 3.62. The lowest BCUT2D eigenvalue weighted by Crippen LogP contribution is -2.24. The molecular formula is C18H24O2. The molecule has 0 atom stereocenters. The van der Waals surface area contributed by atoms with E-state index in [1.165, 1.54) is 12.5 Å². The lowest BCUT2D eigenvalue weighted by Gasteiger charge is -2.33. The molecule has 1 aromatic carbocycles. The number of carbonyl (C=O) groups is 1. The van der Waals surface area contributed by atoms with Crippen LogP contribution in [0.15, 0.2) is 28.7 Å². The number of Topliss-reactive ketones (excluding diaryl/α,β-unsaturated/α-hetero) is 1. The van der Waals surface area contributed by atoms with Crippen molar-refractivity contribution in [1.82, 2.24) is 0 Å². The van der Waals surface area contributed by atoms with Crippen LogP contribution in [0.1, 0.15) is 64.1 Å². The van der Waals surface area contributed by atoms with Crippen LogP contribution in [0.5, 0.6) is 0 Å². The van der Waals surface area contributed by atoms with Crippen LogP contribution >= 0.6 is 0 Å². The fourth-order valence-corrected chi connectivity index (χ4v) is 3.07. The zero-order valence-corrected chi connectivity index (χ0v) is 13.3. The van der Waals surface area contributed by atoms with Gasteiger partial charge in [0, 0.05) is 12.3 Å². The molecule has 0 aliphatic carbocycles. The summed E-state index contributed by atoms with van der Waals surface area (Å²) in [6, 6.07) is 8.08. The van der Waals surface area contributed by atoms with E-state index in [0.717, 1.165) is 17.4 Å². The molecular weight excluding hydrogens is 248 g/mol. The average molecular weight is 272 g/mol. The SMILES string of the molecule is CC(=O)c1cc2cc(C(C)(C)CC(C)(C)C)ccc2o1. The maximum absolute atomic E-state index is 11.4. The zero-order chi connectivity index (χ0) is 15.1. The van der Waals surface area contributed by atoms with E-state index >= 15 is 0 Å². The molecule has 0 bridgehead atoms. The smallest absolute Gasteiger partial charge is 0.194 e. The van der Waals surface area contributed by atoms with E-state index in [1.807, 2.05) is 12.1 Å². The molecule has 0 unspecified atom stereocenters. The summed E-state index contributed by atoms with van der Waals surface area (Å²) in [6.45, 7) is 12.9. The van der Waals surface area contributed by atoms with Gasteiger partial charge in [0.1, 0.15) is 5.58 Å². The number of benzene rings is 1. The fraction of sp³-hybridized carbons (Fsp3) is 0.500. The van der Waals surface area contributed by atoms with Gasteiger partial charge in [-0.1, -0.05) is 40.7 Å². The monoisotopic (exact) mass is 272 g/mol. The minimum absolute atomic E-state index is 0.0308. The van der Waals surface area contributed by atoms with Crippen LogP contribution < -0.4 is 0 Å². The first kappa shape index (κ1) is 14.8. The molecule has 2 rings (SSSR count). The van der Waals surface area contributed by atoms with Gasteiger partial charge >= 0.3 is 0 Å². The lowest BCUT2D eigenvalue weighted by molar-refractivity contribution is 0.0989. The molecule has 1 aromatic heterocycles. The Balaban J connectivity index is 2.43. The normalized spacial score (nSPS) is 12.9. The van der Waals surface area contributed by atoms with Gasteiger partial charge in [-0.2, -0.15) is 0 Å². The molecule has 2 aromatic rings. The van der Waals surface area contributed by atoms with Gasteiger partial charge < -0.3 is 4.42 Å². The van der Waals surface area contributed by atoms with Crippen molar-refractivity contribution in [1.29, 1.82) is 0 Å². The molecule has 0 radical (unpaired) electrons. The van der Waals surface area contributed by atoms with E-state index < -0.39 is 0 Å². The van der Waals surface area contributed by atoms with Gasteiger partial charge in [-0.3, -0.25) is 4.79 Å². The molecule has 108 valence electrons. The van der Waals surface area contributed by atoms with Crippen LogP contribution in [-0.2, 0) is 5.41 Å². The summed E-state index contributed by atoms with van der Waals surface area (Å²) in [4.78, 5) is 11.4. The maximum Gasteiger partial charge on any atom is 0.194 e. The van der Waals surface area contributed by atoms with E-state index in [1.54, 1.807) is 0 Å². The number of carbonyl (C=O) groups excluding carboxylic acids is 1. The molecule has 0 N–H and O–H groups in total. The summed E-state index contributed by atoms with van der Waals surface area (Å²) >= 11 is 0. The lowest BCUT2D eigenvalue weighted by atomic mass is 9.72. The Labute approximate surface area is 121 Å². The van der Waals surface area contributed by atoms with Crippen molar-refractivity contribution in [2.24, 2.45) is 5.41 Å². The van der Waals surface area contributed by atoms with Crippen LogP contribution in [0.3, 0.4) is 0 Å². The predicted octanol–water partition coefficient (Wildman–Crippen LogP) is 5.35. The maximum atomic E-state index is 11.4. The minimum Gasteiger partial charge on any atom is -0.453 e. The molecule has 0 aliphatic heterocycles. The van der Waals surface area contributed by atoms with Crippen LogP contribution in [0.4, 0.5) is 0 Å². The first-order valence-electron chi connectivity index (χ1n) is 7.13. The highest BCUT2D eigenvalue weighted by atomic mass is 16.3. The van der Waals surface area contributed by atoms with E-state index in [4.69, 9.17) is 4.42 Å². The summed E-state index contributed by atoms with van der Waals surface area (Å²) in [6.07, 6.45) is 1.10. The van der Waals surface area contributed by atoms with E-state index in [9.17, 15) is 4.79 Å². The first-order chi connectivity index (χ1) is 9.08. The predicted molar refractivity (Wildman–Crippen MR) is 83.3 cm³/mol. The van der Waals surface area contributed by atoms with Gasteiger partial charge in [-0.15, -0.1) is 0 Å². The van der Waals surface area contributed by atoms with E-state index in [-0.39, 0.29) is 16.6 Å². The minimum atomic E-state index is -0.0308. The highest BCUT2D eigenvalue weighted by Gasteiger charge is 2.27. The second-order valence-electron chi connectivity index (χ2n) is 7.54. The van der Waals surface area contributed by atoms with Crippen LogP contribution in [0.25, 0.3) is 11.0 Å². The summed E-state index contributed by atoms with van der Waals surface area (Å²) in [5.74, 6) is 0.405. The van der Waals surface area contributed by atoms with E-state index in [0.29, 0.717) is 5.76 Å². The van der Waals surface area contributed by atoms with Crippen LogP contribution in [0, 0.1) is 5.41 Å². The number of hydrogen-bond acceptors (Lipinski definition) is 2.